The van der Waals surface area contributed by atoms with E-state index in [0.29, 0.717) is 25.1 Å². The van der Waals surface area contributed by atoms with Crippen LogP contribution in [-0.2, 0) is 11.3 Å². The van der Waals surface area contributed by atoms with Crippen molar-refractivity contribution < 1.29 is 14.7 Å². The van der Waals surface area contributed by atoms with Gasteiger partial charge in [-0.05, 0) is 37.0 Å². The molecule has 0 radical (unpaired) electrons. The van der Waals surface area contributed by atoms with Crippen molar-refractivity contribution in [3.8, 4) is 0 Å². The van der Waals surface area contributed by atoms with Gasteiger partial charge >= 0.3 is 0 Å². The van der Waals surface area contributed by atoms with E-state index in [2.05, 4.69) is 5.32 Å². The van der Waals surface area contributed by atoms with Crippen LogP contribution in [0.5, 0.6) is 0 Å². The third-order valence-electron chi connectivity index (χ3n) is 5.10. The first kappa shape index (κ1) is 17.0. The normalized spacial score (nSPS) is 20.2. The van der Waals surface area contributed by atoms with Crippen LogP contribution >= 0.6 is 0 Å². The fourth-order valence-electron chi connectivity index (χ4n) is 3.64. The van der Waals surface area contributed by atoms with Gasteiger partial charge < -0.3 is 15.3 Å². The standard InChI is InChI=1S/C19H26N2O3/c22-17-8-5-11-21(17)13-15-6-4-7-16(12-15)18(23)20-14-19(24)9-2-1-3-10-19/h4,6-7,12,24H,1-3,5,8-11,13-14H2,(H,20,23). The largest absolute Gasteiger partial charge is 0.388 e. The lowest BCUT2D eigenvalue weighted by atomic mass is 9.85. The van der Waals surface area contributed by atoms with Gasteiger partial charge in [0.25, 0.3) is 5.91 Å². The first-order chi connectivity index (χ1) is 11.6. The van der Waals surface area contributed by atoms with Crippen LogP contribution in [-0.4, -0.2) is 40.5 Å². The SMILES string of the molecule is O=C(NCC1(O)CCCCC1)c1cccc(CN2CCCC2=O)c1. The van der Waals surface area contributed by atoms with Gasteiger partial charge in [-0.15, -0.1) is 0 Å². The Kier molecular flexibility index (Phi) is 5.19. The molecular weight excluding hydrogens is 304 g/mol. The van der Waals surface area contributed by atoms with E-state index in [0.717, 1.165) is 50.6 Å². The minimum atomic E-state index is -0.756. The lowest BCUT2D eigenvalue weighted by Gasteiger charge is -2.32. The summed E-state index contributed by atoms with van der Waals surface area (Å²) >= 11 is 0. The molecule has 0 aromatic heterocycles. The average Bonchev–Trinajstić information content (AvgIpc) is 2.99. The minimum Gasteiger partial charge on any atom is -0.388 e. The third kappa shape index (κ3) is 4.15. The maximum absolute atomic E-state index is 12.4. The number of benzene rings is 1. The van der Waals surface area contributed by atoms with Crippen LogP contribution in [0, 0.1) is 0 Å². The lowest BCUT2D eigenvalue weighted by molar-refractivity contribution is -0.128. The number of likely N-dealkylation sites (tertiary alicyclic amines) is 1. The Hall–Kier alpha value is -1.88. The smallest absolute Gasteiger partial charge is 0.251 e. The number of amides is 2. The van der Waals surface area contributed by atoms with Crippen LogP contribution in [0.4, 0.5) is 0 Å². The number of hydrogen-bond donors (Lipinski definition) is 2. The second kappa shape index (κ2) is 7.34. The lowest BCUT2D eigenvalue weighted by Crippen LogP contribution is -2.44. The molecule has 2 N–H and O–H groups in total. The molecule has 1 aliphatic carbocycles. The van der Waals surface area contributed by atoms with Gasteiger partial charge in [-0.2, -0.15) is 0 Å². The van der Waals surface area contributed by atoms with E-state index >= 15 is 0 Å². The highest BCUT2D eigenvalue weighted by molar-refractivity contribution is 5.94. The molecule has 1 aliphatic heterocycles. The van der Waals surface area contributed by atoms with E-state index in [1.807, 2.05) is 23.1 Å². The molecule has 24 heavy (non-hydrogen) atoms. The molecule has 3 rings (SSSR count). The van der Waals surface area contributed by atoms with Crippen LogP contribution < -0.4 is 5.32 Å². The average molecular weight is 330 g/mol. The second-order valence-electron chi connectivity index (χ2n) is 7.09. The molecule has 1 saturated heterocycles. The van der Waals surface area contributed by atoms with Crippen molar-refractivity contribution in [1.82, 2.24) is 10.2 Å². The number of aliphatic hydroxyl groups is 1. The van der Waals surface area contributed by atoms with Crippen molar-refractivity contribution in [3.05, 3.63) is 35.4 Å². The van der Waals surface area contributed by atoms with Gasteiger partial charge in [-0.1, -0.05) is 31.4 Å². The highest BCUT2D eigenvalue weighted by Crippen LogP contribution is 2.27. The van der Waals surface area contributed by atoms with Crippen molar-refractivity contribution in [2.75, 3.05) is 13.1 Å². The monoisotopic (exact) mass is 330 g/mol. The van der Waals surface area contributed by atoms with Crippen LogP contribution in [0.3, 0.4) is 0 Å². The van der Waals surface area contributed by atoms with E-state index in [-0.39, 0.29) is 11.8 Å². The van der Waals surface area contributed by atoms with Crippen LogP contribution in [0.1, 0.15) is 60.9 Å². The van der Waals surface area contributed by atoms with Gasteiger partial charge in [0, 0.05) is 31.6 Å². The Labute approximate surface area is 143 Å². The summed E-state index contributed by atoms with van der Waals surface area (Å²) in [6.07, 6.45) is 6.25. The molecule has 1 aromatic rings. The van der Waals surface area contributed by atoms with Crippen molar-refractivity contribution in [1.29, 1.82) is 0 Å². The molecule has 5 heteroatoms. The fourth-order valence-corrected chi connectivity index (χ4v) is 3.64. The Morgan fingerprint density at radius 3 is 2.71 bits per heavy atom. The van der Waals surface area contributed by atoms with Gasteiger partial charge in [0.15, 0.2) is 0 Å². The van der Waals surface area contributed by atoms with E-state index in [1.54, 1.807) is 6.07 Å². The number of rotatable bonds is 5. The maximum Gasteiger partial charge on any atom is 0.251 e. The van der Waals surface area contributed by atoms with Gasteiger partial charge in [-0.3, -0.25) is 9.59 Å². The van der Waals surface area contributed by atoms with Crippen molar-refractivity contribution >= 4 is 11.8 Å². The zero-order valence-corrected chi connectivity index (χ0v) is 14.1. The number of nitrogens with zero attached hydrogens (tertiary/aromatic N) is 1. The second-order valence-corrected chi connectivity index (χ2v) is 7.09. The van der Waals surface area contributed by atoms with E-state index in [4.69, 9.17) is 0 Å². The molecule has 0 bridgehead atoms. The van der Waals surface area contributed by atoms with Gasteiger partial charge in [-0.25, -0.2) is 0 Å². The first-order valence-electron chi connectivity index (χ1n) is 8.93. The van der Waals surface area contributed by atoms with Crippen LogP contribution in [0.2, 0.25) is 0 Å². The van der Waals surface area contributed by atoms with Crippen LogP contribution in [0.15, 0.2) is 24.3 Å². The molecule has 2 amide bonds. The fraction of sp³-hybridized carbons (Fsp3) is 0.579. The molecule has 1 heterocycles. The number of carbonyl (C=O) groups is 2. The Balaban J connectivity index is 1.58. The summed E-state index contributed by atoms with van der Waals surface area (Å²) in [4.78, 5) is 25.9. The molecule has 2 fully saturated rings. The maximum atomic E-state index is 12.4. The predicted octanol–water partition coefficient (Wildman–Crippen LogP) is 2.23. The Morgan fingerprint density at radius 1 is 1.21 bits per heavy atom. The van der Waals surface area contributed by atoms with Gasteiger partial charge in [0.2, 0.25) is 5.91 Å². The predicted molar refractivity (Wildman–Crippen MR) is 91.5 cm³/mol. The van der Waals surface area contributed by atoms with E-state index in [9.17, 15) is 14.7 Å². The summed E-state index contributed by atoms with van der Waals surface area (Å²) in [7, 11) is 0. The first-order valence-corrected chi connectivity index (χ1v) is 8.93. The van der Waals surface area contributed by atoms with E-state index < -0.39 is 5.60 Å². The zero-order valence-electron chi connectivity index (χ0n) is 14.1. The summed E-state index contributed by atoms with van der Waals surface area (Å²) in [5.41, 5.74) is 0.792. The summed E-state index contributed by atoms with van der Waals surface area (Å²) in [5.74, 6) is 0.0213. The van der Waals surface area contributed by atoms with Gasteiger partial charge in [0.1, 0.15) is 0 Å². The molecule has 1 saturated carbocycles. The summed E-state index contributed by atoms with van der Waals surface area (Å²) in [5, 5.41) is 13.4. The number of hydrogen-bond acceptors (Lipinski definition) is 3. The highest BCUT2D eigenvalue weighted by atomic mass is 16.3. The molecule has 130 valence electrons. The quantitative estimate of drug-likeness (QED) is 0.870. The third-order valence-corrected chi connectivity index (χ3v) is 5.10. The molecule has 1 aromatic carbocycles. The van der Waals surface area contributed by atoms with Gasteiger partial charge in [0.05, 0.1) is 5.60 Å². The zero-order chi connectivity index (χ0) is 17.0. The number of carbonyl (C=O) groups excluding carboxylic acids is 2. The molecule has 0 unspecified atom stereocenters. The minimum absolute atomic E-state index is 0.163. The molecule has 2 aliphatic rings. The van der Waals surface area contributed by atoms with Crippen molar-refractivity contribution in [2.24, 2.45) is 0 Å². The summed E-state index contributed by atoms with van der Waals surface area (Å²) in [6, 6.07) is 7.40. The Morgan fingerprint density at radius 2 is 2.00 bits per heavy atom. The molecule has 0 spiro atoms. The summed E-state index contributed by atoms with van der Waals surface area (Å²) in [6.45, 7) is 1.66. The molecule has 0 atom stereocenters. The Bertz CT molecular complexity index is 608. The number of nitrogens with one attached hydrogen (secondary N) is 1. The molecule has 5 nitrogen and oxygen atoms in total. The van der Waals surface area contributed by atoms with Crippen molar-refractivity contribution in [2.45, 2.75) is 57.1 Å². The van der Waals surface area contributed by atoms with E-state index in [1.165, 1.54) is 0 Å². The topological polar surface area (TPSA) is 69.6 Å². The molecular formula is C19H26N2O3. The highest BCUT2D eigenvalue weighted by Gasteiger charge is 2.29. The van der Waals surface area contributed by atoms with Crippen molar-refractivity contribution in [3.63, 3.8) is 0 Å². The van der Waals surface area contributed by atoms with Crippen LogP contribution in [0.25, 0.3) is 0 Å². The summed E-state index contributed by atoms with van der Waals surface area (Å²) < 4.78 is 0.